The van der Waals surface area contributed by atoms with Crippen molar-refractivity contribution in [3.63, 3.8) is 0 Å². The predicted octanol–water partition coefficient (Wildman–Crippen LogP) is 6.65. The number of carboxylic acids is 1. The molecule has 0 saturated carbocycles. The summed E-state index contributed by atoms with van der Waals surface area (Å²) >= 11 is 0. The summed E-state index contributed by atoms with van der Waals surface area (Å²) in [6, 6.07) is 28.3. The Kier molecular flexibility index (Phi) is 7.46. The molecule has 4 aromatic carbocycles. The van der Waals surface area contributed by atoms with E-state index in [0.29, 0.717) is 35.0 Å². The molecular weight excluding hydrogens is 492 g/mol. The molecule has 5 aromatic rings. The van der Waals surface area contributed by atoms with Crippen molar-refractivity contribution in [1.82, 2.24) is 4.57 Å². The van der Waals surface area contributed by atoms with Crippen molar-refractivity contribution in [1.29, 1.82) is 5.26 Å². The average Bonchev–Trinajstić information content (AvgIpc) is 3.37. The number of rotatable bonds is 10. The van der Waals surface area contributed by atoms with Crippen LogP contribution < -0.4 is 14.2 Å². The van der Waals surface area contributed by atoms with Crippen molar-refractivity contribution >= 4 is 33.7 Å². The Morgan fingerprint density at radius 2 is 1.79 bits per heavy atom. The fourth-order valence-electron chi connectivity index (χ4n) is 4.42. The van der Waals surface area contributed by atoms with Gasteiger partial charge in [0.15, 0.2) is 11.5 Å². The molecule has 7 heteroatoms. The molecule has 0 saturated heterocycles. The standard InChI is InChI=1S/C32H26N2O5/c1-37-30-18-22(19-31(32(35)36)39-27-10-9-24-5-2-3-6-25(24)20-27)8-12-29(30)38-16-4-14-34-15-13-26-17-23(21-33)7-11-28(26)34/h2-3,5-13,15,17-20H,4,14,16H2,1H3,(H,35,36)/b31-19-. The summed E-state index contributed by atoms with van der Waals surface area (Å²) < 4.78 is 19.3. The molecule has 0 aliphatic heterocycles. The van der Waals surface area contributed by atoms with Gasteiger partial charge in [-0.15, -0.1) is 0 Å². The minimum Gasteiger partial charge on any atom is -0.493 e. The van der Waals surface area contributed by atoms with E-state index in [9.17, 15) is 9.90 Å². The Morgan fingerprint density at radius 1 is 0.949 bits per heavy atom. The number of aliphatic carboxylic acids is 1. The van der Waals surface area contributed by atoms with Gasteiger partial charge in [-0.2, -0.15) is 5.26 Å². The van der Waals surface area contributed by atoms with Crippen molar-refractivity contribution in [2.45, 2.75) is 13.0 Å². The number of nitriles is 1. The smallest absolute Gasteiger partial charge is 0.371 e. The van der Waals surface area contributed by atoms with E-state index in [1.54, 1.807) is 31.4 Å². The second kappa shape index (κ2) is 11.4. The highest BCUT2D eigenvalue weighted by atomic mass is 16.5. The number of aryl methyl sites for hydroxylation is 1. The van der Waals surface area contributed by atoms with Gasteiger partial charge in [0.1, 0.15) is 5.75 Å². The van der Waals surface area contributed by atoms with E-state index in [0.717, 1.165) is 34.6 Å². The maximum Gasteiger partial charge on any atom is 0.371 e. The Balaban J connectivity index is 1.24. The Hall–Kier alpha value is -5.22. The van der Waals surface area contributed by atoms with E-state index >= 15 is 0 Å². The molecule has 0 aliphatic carbocycles. The van der Waals surface area contributed by atoms with Gasteiger partial charge < -0.3 is 23.9 Å². The first-order valence-corrected chi connectivity index (χ1v) is 12.5. The summed E-state index contributed by atoms with van der Waals surface area (Å²) in [6.45, 7) is 1.22. The molecule has 0 bridgehead atoms. The monoisotopic (exact) mass is 518 g/mol. The molecule has 1 N–H and O–H groups in total. The molecule has 0 amide bonds. The van der Waals surface area contributed by atoms with Gasteiger partial charge in [-0.3, -0.25) is 0 Å². The maximum absolute atomic E-state index is 11.9. The van der Waals surface area contributed by atoms with E-state index in [1.807, 2.05) is 66.9 Å². The van der Waals surface area contributed by atoms with Crippen LogP contribution in [-0.4, -0.2) is 29.4 Å². The van der Waals surface area contributed by atoms with E-state index in [-0.39, 0.29) is 5.76 Å². The second-order valence-corrected chi connectivity index (χ2v) is 8.93. The number of benzene rings is 4. The van der Waals surface area contributed by atoms with Crippen molar-refractivity contribution in [2.24, 2.45) is 0 Å². The quantitative estimate of drug-likeness (QED) is 0.126. The SMILES string of the molecule is COc1cc(/C=C(\Oc2ccc3ccccc3c2)C(=O)O)ccc1OCCCn1ccc2cc(C#N)ccc21. The number of carboxylic acid groups (broad SMARTS) is 1. The van der Waals surface area contributed by atoms with Crippen LogP contribution in [0.4, 0.5) is 0 Å². The number of ether oxygens (including phenoxy) is 3. The second-order valence-electron chi connectivity index (χ2n) is 8.93. The van der Waals surface area contributed by atoms with Crippen LogP contribution in [-0.2, 0) is 11.3 Å². The number of nitrogens with zero attached hydrogens (tertiary/aromatic N) is 2. The fourth-order valence-corrected chi connectivity index (χ4v) is 4.42. The molecular formula is C32H26N2O5. The minimum atomic E-state index is -1.18. The number of methoxy groups -OCH3 is 1. The third-order valence-electron chi connectivity index (χ3n) is 6.35. The number of aromatic nitrogens is 1. The van der Waals surface area contributed by atoms with Crippen LogP contribution in [0.25, 0.3) is 27.8 Å². The van der Waals surface area contributed by atoms with Crippen LogP contribution in [0.5, 0.6) is 17.2 Å². The lowest BCUT2D eigenvalue weighted by Crippen LogP contribution is -2.07. The van der Waals surface area contributed by atoms with Gasteiger partial charge in [0, 0.05) is 23.6 Å². The van der Waals surface area contributed by atoms with Crippen molar-refractivity contribution in [3.05, 3.63) is 108 Å². The highest BCUT2D eigenvalue weighted by molar-refractivity contribution is 5.91. The minimum absolute atomic E-state index is 0.207. The Morgan fingerprint density at radius 3 is 2.59 bits per heavy atom. The van der Waals surface area contributed by atoms with E-state index in [1.165, 1.54) is 6.08 Å². The third kappa shape index (κ3) is 5.86. The zero-order valence-corrected chi connectivity index (χ0v) is 21.3. The maximum atomic E-state index is 11.9. The molecule has 0 aliphatic rings. The molecule has 0 atom stereocenters. The van der Waals surface area contributed by atoms with Crippen LogP contribution >= 0.6 is 0 Å². The summed E-state index contributed by atoms with van der Waals surface area (Å²) in [6.07, 6.45) is 4.23. The van der Waals surface area contributed by atoms with Crippen LogP contribution in [0.3, 0.4) is 0 Å². The zero-order valence-electron chi connectivity index (χ0n) is 21.3. The summed E-state index contributed by atoms with van der Waals surface area (Å²) in [5.74, 6) is 0.119. The van der Waals surface area contributed by atoms with E-state index < -0.39 is 5.97 Å². The molecule has 0 spiro atoms. The van der Waals surface area contributed by atoms with E-state index in [4.69, 9.17) is 19.5 Å². The average molecular weight is 519 g/mol. The molecule has 0 fully saturated rings. The first-order valence-electron chi connectivity index (χ1n) is 12.5. The molecule has 1 heterocycles. The van der Waals surface area contributed by atoms with Gasteiger partial charge in [-0.05, 0) is 77.4 Å². The van der Waals surface area contributed by atoms with Crippen LogP contribution in [0.15, 0.2) is 96.9 Å². The zero-order chi connectivity index (χ0) is 27.2. The van der Waals surface area contributed by atoms with Gasteiger partial charge in [0.2, 0.25) is 5.76 Å². The summed E-state index contributed by atoms with van der Waals surface area (Å²) in [5, 5.41) is 21.9. The lowest BCUT2D eigenvalue weighted by atomic mass is 10.1. The highest BCUT2D eigenvalue weighted by Gasteiger charge is 2.13. The van der Waals surface area contributed by atoms with E-state index in [2.05, 4.69) is 10.6 Å². The fraction of sp³-hybridized carbons (Fsp3) is 0.125. The molecule has 7 nitrogen and oxygen atoms in total. The largest absolute Gasteiger partial charge is 0.493 e. The summed E-state index contributed by atoms with van der Waals surface area (Å²) in [5.41, 5.74) is 2.32. The first kappa shape index (κ1) is 25.4. The normalized spacial score (nSPS) is 11.3. The number of hydrogen-bond donors (Lipinski definition) is 1. The molecule has 5 rings (SSSR count). The van der Waals surface area contributed by atoms with Gasteiger partial charge in [0.05, 0.1) is 25.3 Å². The van der Waals surface area contributed by atoms with Gasteiger partial charge >= 0.3 is 5.97 Å². The molecule has 194 valence electrons. The van der Waals surface area contributed by atoms with Gasteiger partial charge in [0.25, 0.3) is 0 Å². The topological polar surface area (TPSA) is 93.7 Å². The molecule has 39 heavy (non-hydrogen) atoms. The van der Waals surface area contributed by atoms with Gasteiger partial charge in [-0.1, -0.05) is 36.4 Å². The Bertz CT molecular complexity index is 1730. The van der Waals surface area contributed by atoms with Crippen molar-refractivity contribution in [2.75, 3.05) is 13.7 Å². The van der Waals surface area contributed by atoms with Crippen LogP contribution in [0.1, 0.15) is 17.5 Å². The number of carbonyl (C=O) groups is 1. The molecule has 0 unspecified atom stereocenters. The number of fused-ring (bicyclic) bond motifs is 2. The molecule has 0 radical (unpaired) electrons. The van der Waals surface area contributed by atoms with Crippen LogP contribution in [0, 0.1) is 11.3 Å². The van der Waals surface area contributed by atoms with Crippen molar-refractivity contribution in [3.8, 4) is 23.3 Å². The first-order chi connectivity index (χ1) is 19.0. The predicted molar refractivity (Wildman–Crippen MR) is 150 cm³/mol. The Labute approximate surface area is 225 Å². The number of hydrogen-bond acceptors (Lipinski definition) is 5. The lowest BCUT2D eigenvalue weighted by molar-refractivity contribution is -0.134. The van der Waals surface area contributed by atoms with Gasteiger partial charge in [-0.25, -0.2) is 4.79 Å². The van der Waals surface area contributed by atoms with Crippen LogP contribution in [0.2, 0.25) is 0 Å². The third-order valence-corrected chi connectivity index (χ3v) is 6.35. The summed E-state index contributed by atoms with van der Waals surface area (Å²) in [4.78, 5) is 11.9. The van der Waals surface area contributed by atoms with Crippen molar-refractivity contribution < 1.29 is 24.1 Å². The lowest BCUT2D eigenvalue weighted by Gasteiger charge is -2.12. The highest BCUT2D eigenvalue weighted by Crippen LogP contribution is 2.30. The summed E-state index contributed by atoms with van der Waals surface area (Å²) in [7, 11) is 1.54. The molecule has 1 aromatic heterocycles.